The van der Waals surface area contributed by atoms with Crippen molar-refractivity contribution in [3.63, 3.8) is 0 Å². The van der Waals surface area contributed by atoms with E-state index in [2.05, 4.69) is 15.2 Å². The van der Waals surface area contributed by atoms with E-state index in [9.17, 15) is 22.8 Å². The first-order valence-electron chi connectivity index (χ1n) is 6.54. The number of hydrogen-bond acceptors (Lipinski definition) is 6. The molecular formula is C13H16F3N3O4. The van der Waals surface area contributed by atoms with Crippen LogP contribution in [-0.2, 0) is 20.4 Å². The zero-order valence-corrected chi connectivity index (χ0v) is 12.4. The minimum absolute atomic E-state index is 0.0417. The van der Waals surface area contributed by atoms with Crippen molar-refractivity contribution in [3.8, 4) is 0 Å². The van der Waals surface area contributed by atoms with E-state index in [0.717, 1.165) is 12.3 Å². The lowest BCUT2D eigenvalue weighted by Gasteiger charge is -2.18. The Kier molecular flexibility index (Phi) is 6.76. The highest BCUT2D eigenvalue weighted by atomic mass is 19.4. The Morgan fingerprint density at radius 3 is 2.78 bits per heavy atom. The summed E-state index contributed by atoms with van der Waals surface area (Å²) in [6, 6.07) is -0.797. The van der Waals surface area contributed by atoms with Gasteiger partial charge >= 0.3 is 12.1 Å². The third-order valence-electron chi connectivity index (χ3n) is 2.58. The monoisotopic (exact) mass is 335 g/mol. The van der Waals surface area contributed by atoms with Crippen LogP contribution in [0.2, 0.25) is 0 Å². The standard InChI is InChI=1S/C13H16F3N3O4/c1-3-23-10(20)5-4-8(7-22-2)18-9-6-17-19-12(21)11(9)13(14,15)16/h4-6,8H,3,7H2,1-2H3,(H2,18,19,21)/b5-4+/t8-/m1/s1. The minimum atomic E-state index is -4.86. The molecule has 128 valence electrons. The highest BCUT2D eigenvalue weighted by molar-refractivity contribution is 5.82. The van der Waals surface area contributed by atoms with Gasteiger partial charge in [0.1, 0.15) is 5.56 Å². The number of rotatable bonds is 7. The highest BCUT2D eigenvalue weighted by Crippen LogP contribution is 2.31. The molecule has 0 radical (unpaired) electrons. The van der Waals surface area contributed by atoms with Crippen LogP contribution in [0.15, 0.2) is 23.1 Å². The molecule has 23 heavy (non-hydrogen) atoms. The van der Waals surface area contributed by atoms with Crippen LogP contribution >= 0.6 is 0 Å². The number of anilines is 1. The molecule has 1 aromatic heterocycles. The number of ether oxygens (including phenoxy) is 2. The molecule has 10 heteroatoms. The zero-order chi connectivity index (χ0) is 17.5. The third-order valence-corrected chi connectivity index (χ3v) is 2.58. The molecule has 0 aliphatic heterocycles. The van der Waals surface area contributed by atoms with Gasteiger partial charge in [-0.05, 0) is 6.92 Å². The molecule has 0 aromatic carbocycles. The first kappa shape index (κ1) is 18.7. The first-order chi connectivity index (χ1) is 10.8. The van der Waals surface area contributed by atoms with Crippen molar-refractivity contribution in [2.45, 2.75) is 19.1 Å². The number of halogens is 3. The molecule has 0 aliphatic rings. The number of methoxy groups -OCH3 is 1. The topological polar surface area (TPSA) is 93.3 Å². The molecule has 0 fully saturated rings. The van der Waals surface area contributed by atoms with Crippen molar-refractivity contribution in [1.29, 1.82) is 0 Å². The number of aromatic amines is 1. The van der Waals surface area contributed by atoms with Gasteiger partial charge in [0.05, 0.1) is 31.1 Å². The normalized spacial score (nSPS) is 13.1. The summed E-state index contributed by atoms with van der Waals surface area (Å²) in [6.07, 6.45) is -1.68. The molecule has 0 aliphatic carbocycles. The van der Waals surface area contributed by atoms with Crippen LogP contribution in [0.25, 0.3) is 0 Å². The van der Waals surface area contributed by atoms with E-state index < -0.39 is 35.0 Å². The quantitative estimate of drug-likeness (QED) is 0.577. The van der Waals surface area contributed by atoms with Gasteiger partial charge in [-0.2, -0.15) is 18.3 Å². The van der Waals surface area contributed by atoms with Gasteiger partial charge in [-0.3, -0.25) is 4.79 Å². The first-order valence-corrected chi connectivity index (χ1v) is 6.54. The molecule has 0 saturated carbocycles. The summed E-state index contributed by atoms with van der Waals surface area (Å²) < 4.78 is 48.4. The van der Waals surface area contributed by atoms with Gasteiger partial charge in [-0.15, -0.1) is 0 Å². The molecule has 1 heterocycles. The molecular weight excluding hydrogens is 319 g/mol. The third kappa shape index (κ3) is 5.74. The SMILES string of the molecule is CCOC(=O)/C=C/[C@H](COC)Nc1cn[nH]c(=O)c1C(F)(F)F. The Morgan fingerprint density at radius 2 is 2.22 bits per heavy atom. The molecule has 0 spiro atoms. The molecule has 0 unspecified atom stereocenters. The molecule has 2 N–H and O–H groups in total. The van der Waals surface area contributed by atoms with E-state index in [1.54, 1.807) is 12.0 Å². The van der Waals surface area contributed by atoms with Crippen LogP contribution in [0.3, 0.4) is 0 Å². The predicted molar refractivity (Wildman–Crippen MR) is 74.9 cm³/mol. The maximum Gasteiger partial charge on any atom is 0.423 e. The molecule has 0 amide bonds. The average molecular weight is 335 g/mol. The smallest absolute Gasteiger partial charge is 0.423 e. The average Bonchev–Trinajstić information content (AvgIpc) is 2.44. The van der Waals surface area contributed by atoms with Crippen molar-refractivity contribution in [2.24, 2.45) is 0 Å². The number of esters is 1. The number of H-pyrrole nitrogens is 1. The number of carbonyl (C=O) groups excluding carboxylic acids is 1. The Balaban J connectivity index is 3.04. The lowest BCUT2D eigenvalue weighted by Crippen LogP contribution is -2.29. The number of nitrogens with zero attached hydrogens (tertiary/aromatic N) is 1. The second-order valence-corrected chi connectivity index (χ2v) is 4.30. The number of alkyl halides is 3. The van der Waals surface area contributed by atoms with E-state index in [1.165, 1.54) is 13.2 Å². The summed E-state index contributed by atoms with van der Waals surface area (Å²) in [5.74, 6) is -0.643. The maximum atomic E-state index is 12.9. The summed E-state index contributed by atoms with van der Waals surface area (Å²) >= 11 is 0. The van der Waals surface area contributed by atoms with E-state index in [0.29, 0.717) is 0 Å². The van der Waals surface area contributed by atoms with E-state index in [4.69, 9.17) is 4.74 Å². The number of carbonyl (C=O) groups is 1. The fourth-order valence-corrected chi connectivity index (χ4v) is 1.70. The lowest BCUT2D eigenvalue weighted by molar-refractivity contribution is -0.138. The van der Waals surface area contributed by atoms with Gasteiger partial charge in [-0.25, -0.2) is 9.89 Å². The fourth-order valence-electron chi connectivity index (χ4n) is 1.70. The summed E-state index contributed by atoms with van der Waals surface area (Å²) in [6.45, 7) is 1.75. The van der Waals surface area contributed by atoms with Crippen molar-refractivity contribution >= 4 is 11.7 Å². The van der Waals surface area contributed by atoms with Crippen LogP contribution in [0, 0.1) is 0 Å². The van der Waals surface area contributed by atoms with Crippen molar-refractivity contribution in [1.82, 2.24) is 10.2 Å². The largest absolute Gasteiger partial charge is 0.463 e. The van der Waals surface area contributed by atoms with Crippen LogP contribution in [0.4, 0.5) is 18.9 Å². The van der Waals surface area contributed by atoms with E-state index in [1.807, 2.05) is 0 Å². The molecule has 1 atom stereocenters. The molecule has 7 nitrogen and oxygen atoms in total. The molecule has 1 aromatic rings. The maximum absolute atomic E-state index is 12.9. The Hall–Kier alpha value is -2.36. The van der Waals surface area contributed by atoms with Gasteiger partial charge in [0.25, 0.3) is 5.56 Å². The van der Waals surface area contributed by atoms with E-state index >= 15 is 0 Å². The van der Waals surface area contributed by atoms with Gasteiger partial charge in [0.2, 0.25) is 0 Å². The highest BCUT2D eigenvalue weighted by Gasteiger charge is 2.37. The lowest BCUT2D eigenvalue weighted by atomic mass is 10.2. The van der Waals surface area contributed by atoms with Crippen LogP contribution in [0.1, 0.15) is 12.5 Å². The van der Waals surface area contributed by atoms with Gasteiger partial charge in [0.15, 0.2) is 0 Å². The Labute approximate surface area is 129 Å². The number of aromatic nitrogens is 2. The number of hydrogen-bond donors (Lipinski definition) is 2. The van der Waals surface area contributed by atoms with Gasteiger partial charge in [0, 0.05) is 13.2 Å². The fraction of sp³-hybridized carbons (Fsp3) is 0.462. The van der Waals surface area contributed by atoms with Crippen LogP contribution in [0.5, 0.6) is 0 Å². The van der Waals surface area contributed by atoms with Crippen molar-refractivity contribution in [2.75, 3.05) is 25.6 Å². The summed E-state index contributed by atoms with van der Waals surface area (Å²) in [5.41, 5.74) is -3.29. The second-order valence-electron chi connectivity index (χ2n) is 4.30. The van der Waals surface area contributed by atoms with Crippen LogP contribution < -0.4 is 10.9 Å². The number of nitrogens with one attached hydrogen (secondary N) is 2. The molecule has 0 saturated heterocycles. The molecule has 1 rings (SSSR count). The van der Waals surface area contributed by atoms with Crippen molar-refractivity contribution < 1.29 is 27.4 Å². The summed E-state index contributed by atoms with van der Waals surface area (Å²) in [5, 5.41) is 7.54. The Morgan fingerprint density at radius 1 is 1.52 bits per heavy atom. The summed E-state index contributed by atoms with van der Waals surface area (Å²) in [4.78, 5) is 22.6. The van der Waals surface area contributed by atoms with Crippen molar-refractivity contribution in [3.05, 3.63) is 34.3 Å². The second kappa shape index (κ2) is 8.32. The minimum Gasteiger partial charge on any atom is -0.463 e. The van der Waals surface area contributed by atoms with Gasteiger partial charge < -0.3 is 14.8 Å². The summed E-state index contributed by atoms with van der Waals surface area (Å²) in [7, 11) is 1.34. The Bertz CT molecular complexity index is 613. The molecule has 0 bridgehead atoms. The van der Waals surface area contributed by atoms with Gasteiger partial charge in [-0.1, -0.05) is 6.08 Å². The zero-order valence-electron chi connectivity index (χ0n) is 12.4. The predicted octanol–water partition coefficient (Wildman–Crippen LogP) is 1.33. The van der Waals surface area contributed by atoms with Crippen LogP contribution in [-0.4, -0.2) is 42.5 Å². The van der Waals surface area contributed by atoms with E-state index in [-0.39, 0.29) is 13.2 Å².